The molecule has 0 atom stereocenters. The number of rotatable bonds is 1. The fourth-order valence-electron chi connectivity index (χ4n) is 3.99. The Labute approximate surface area is 144 Å². The van der Waals surface area contributed by atoms with Crippen molar-refractivity contribution in [1.82, 2.24) is 19.5 Å². The number of hydrogen-bond donors (Lipinski definition) is 0. The third-order valence-electron chi connectivity index (χ3n) is 5.00. The summed E-state index contributed by atoms with van der Waals surface area (Å²) in [6.07, 6.45) is 5.74. The second kappa shape index (κ2) is 4.99. The lowest BCUT2D eigenvalue weighted by Crippen LogP contribution is -2.61. The Balaban J connectivity index is 1.56. The number of hydrogen-bond acceptors (Lipinski definition) is 5. The van der Waals surface area contributed by atoms with Gasteiger partial charge in [-0.3, -0.25) is 9.59 Å². The fourth-order valence-corrected chi connectivity index (χ4v) is 3.99. The van der Waals surface area contributed by atoms with Crippen LogP contribution < -0.4 is 0 Å². The van der Waals surface area contributed by atoms with Gasteiger partial charge in [-0.15, -0.1) is 0 Å². The molecule has 0 unspecified atom stereocenters. The van der Waals surface area contributed by atoms with Crippen LogP contribution in [0.15, 0.2) is 36.2 Å². The van der Waals surface area contributed by atoms with Gasteiger partial charge in [0.25, 0.3) is 5.91 Å². The number of aromatic nitrogens is 3. The zero-order valence-electron chi connectivity index (χ0n) is 14.1. The van der Waals surface area contributed by atoms with Gasteiger partial charge in [0, 0.05) is 36.2 Å². The molecule has 2 aromatic rings. The molecule has 25 heavy (non-hydrogen) atoms. The first-order valence-corrected chi connectivity index (χ1v) is 8.11. The lowest BCUT2D eigenvalue weighted by atomic mass is 9.61. The van der Waals surface area contributed by atoms with Gasteiger partial charge in [-0.2, -0.15) is 10.4 Å². The van der Waals surface area contributed by atoms with Crippen molar-refractivity contribution in [3.8, 4) is 6.07 Å². The topological polar surface area (TPSA) is 91.4 Å². The molecule has 4 rings (SSSR count). The summed E-state index contributed by atoms with van der Waals surface area (Å²) in [5.41, 5.74) is 0.334. The summed E-state index contributed by atoms with van der Waals surface area (Å²) in [6, 6.07) is 5.40. The summed E-state index contributed by atoms with van der Waals surface area (Å²) in [7, 11) is 0. The molecule has 2 aliphatic rings. The third-order valence-corrected chi connectivity index (χ3v) is 5.00. The molecule has 1 amide bonds. The lowest BCUT2D eigenvalue weighted by molar-refractivity contribution is -0.127. The average molecular weight is 335 g/mol. The molecule has 0 N–H and O–H groups in total. The summed E-state index contributed by atoms with van der Waals surface area (Å²) in [5.74, 6) is -0.255. The molecule has 0 bridgehead atoms. The molecular weight excluding hydrogens is 318 g/mol. The number of likely N-dealkylation sites (tertiary alicyclic amines) is 1. The van der Waals surface area contributed by atoms with E-state index in [-0.39, 0.29) is 22.7 Å². The van der Waals surface area contributed by atoms with E-state index >= 15 is 0 Å². The summed E-state index contributed by atoms with van der Waals surface area (Å²) < 4.78 is 1.60. The minimum atomic E-state index is -0.580. The van der Waals surface area contributed by atoms with E-state index in [0.717, 1.165) is 0 Å². The Hall–Kier alpha value is -3.01. The van der Waals surface area contributed by atoms with Gasteiger partial charge in [-0.25, -0.2) is 9.50 Å². The second-order valence-electron chi connectivity index (χ2n) is 7.53. The monoisotopic (exact) mass is 335 g/mol. The minimum Gasteiger partial charge on any atom is -0.335 e. The number of nitriles is 1. The van der Waals surface area contributed by atoms with Gasteiger partial charge < -0.3 is 4.90 Å². The van der Waals surface area contributed by atoms with E-state index in [1.165, 1.54) is 0 Å². The average Bonchev–Trinajstić information content (AvgIpc) is 3.02. The van der Waals surface area contributed by atoms with Crippen molar-refractivity contribution in [2.75, 3.05) is 13.1 Å². The van der Waals surface area contributed by atoms with E-state index < -0.39 is 5.41 Å². The Bertz CT molecular complexity index is 973. The Morgan fingerprint density at radius 2 is 2.08 bits per heavy atom. The first-order valence-electron chi connectivity index (χ1n) is 8.11. The molecule has 7 heteroatoms. The van der Waals surface area contributed by atoms with Crippen LogP contribution in [-0.4, -0.2) is 44.3 Å². The Morgan fingerprint density at radius 1 is 1.32 bits per heavy atom. The Kier molecular flexibility index (Phi) is 3.10. The van der Waals surface area contributed by atoms with E-state index in [0.29, 0.717) is 30.9 Å². The first kappa shape index (κ1) is 15.5. The SMILES string of the molecule is CC1(C)CC2(C=C(C#N)C1=O)CN(C(=O)c1ccn3nccc3n1)C2. The minimum absolute atomic E-state index is 0.113. The Morgan fingerprint density at radius 3 is 2.80 bits per heavy atom. The fraction of sp³-hybridized carbons (Fsp3) is 0.389. The van der Waals surface area contributed by atoms with Crippen LogP contribution in [0.25, 0.3) is 5.65 Å². The van der Waals surface area contributed by atoms with Crippen LogP contribution in [-0.2, 0) is 4.79 Å². The van der Waals surface area contributed by atoms with E-state index in [2.05, 4.69) is 10.1 Å². The number of fused-ring (bicyclic) bond motifs is 1. The zero-order valence-corrected chi connectivity index (χ0v) is 14.1. The molecule has 1 aliphatic carbocycles. The lowest BCUT2D eigenvalue weighted by Gasteiger charge is -2.53. The van der Waals surface area contributed by atoms with Gasteiger partial charge in [-0.1, -0.05) is 19.9 Å². The van der Waals surface area contributed by atoms with E-state index in [4.69, 9.17) is 0 Å². The molecule has 2 aromatic heterocycles. The molecule has 126 valence electrons. The smallest absolute Gasteiger partial charge is 0.272 e. The van der Waals surface area contributed by atoms with Gasteiger partial charge in [0.15, 0.2) is 11.4 Å². The van der Waals surface area contributed by atoms with E-state index in [1.54, 1.807) is 40.0 Å². The summed E-state index contributed by atoms with van der Waals surface area (Å²) in [4.78, 5) is 31.0. The largest absolute Gasteiger partial charge is 0.335 e. The van der Waals surface area contributed by atoms with Crippen LogP contribution in [0.3, 0.4) is 0 Å². The number of amides is 1. The highest BCUT2D eigenvalue weighted by Gasteiger charge is 2.52. The van der Waals surface area contributed by atoms with Gasteiger partial charge >= 0.3 is 0 Å². The maximum atomic E-state index is 12.7. The zero-order chi connectivity index (χ0) is 17.8. The van der Waals surface area contributed by atoms with Crippen molar-refractivity contribution in [2.24, 2.45) is 10.8 Å². The highest BCUT2D eigenvalue weighted by molar-refractivity contribution is 6.04. The van der Waals surface area contributed by atoms with Crippen LogP contribution in [0.5, 0.6) is 0 Å². The van der Waals surface area contributed by atoms with Gasteiger partial charge in [0.1, 0.15) is 11.8 Å². The molecule has 1 fully saturated rings. The maximum absolute atomic E-state index is 12.7. The van der Waals surface area contributed by atoms with Crippen molar-refractivity contribution in [1.29, 1.82) is 5.26 Å². The normalized spacial score (nSPS) is 20.9. The van der Waals surface area contributed by atoms with Gasteiger partial charge in [0.2, 0.25) is 0 Å². The van der Waals surface area contributed by atoms with Crippen molar-refractivity contribution in [3.05, 3.63) is 41.9 Å². The molecular formula is C18H17N5O2. The molecule has 3 heterocycles. The van der Waals surface area contributed by atoms with Gasteiger partial charge in [-0.05, 0) is 12.5 Å². The van der Waals surface area contributed by atoms with Gasteiger partial charge in [0.05, 0.1) is 11.8 Å². The molecule has 1 spiro atoms. The van der Waals surface area contributed by atoms with E-state index in [1.807, 2.05) is 19.9 Å². The quantitative estimate of drug-likeness (QED) is 0.790. The second-order valence-corrected chi connectivity index (χ2v) is 7.53. The standard InChI is InChI=1S/C18H17N5O2/c1-17(2)9-18(7-12(8-19)15(17)24)10-22(11-18)16(25)13-4-6-23-14(21-13)3-5-20-23/h3-7H,9-11H2,1-2H3. The number of ketones is 1. The molecule has 7 nitrogen and oxygen atoms in total. The molecule has 0 radical (unpaired) electrons. The van der Waals surface area contributed by atoms with Crippen molar-refractivity contribution in [2.45, 2.75) is 20.3 Å². The van der Waals surface area contributed by atoms with Crippen molar-refractivity contribution >= 4 is 17.3 Å². The first-order chi connectivity index (χ1) is 11.8. The predicted octanol–water partition coefficient (Wildman–Crippen LogP) is 1.62. The van der Waals surface area contributed by atoms with Crippen LogP contribution in [0.4, 0.5) is 0 Å². The summed E-state index contributed by atoms with van der Waals surface area (Å²) >= 11 is 0. The summed E-state index contributed by atoms with van der Waals surface area (Å²) in [5, 5.41) is 13.3. The van der Waals surface area contributed by atoms with Crippen LogP contribution in [0, 0.1) is 22.2 Å². The van der Waals surface area contributed by atoms with Crippen molar-refractivity contribution in [3.63, 3.8) is 0 Å². The molecule has 1 aliphatic heterocycles. The molecule has 0 aromatic carbocycles. The number of Topliss-reactive ketones (excluding diaryl/α,β-unsaturated/α-hetero) is 1. The molecule has 1 saturated heterocycles. The van der Waals surface area contributed by atoms with Crippen molar-refractivity contribution < 1.29 is 9.59 Å². The summed E-state index contributed by atoms with van der Waals surface area (Å²) in [6.45, 7) is 4.72. The molecule has 0 saturated carbocycles. The maximum Gasteiger partial charge on any atom is 0.272 e. The highest BCUT2D eigenvalue weighted by Crippen LogP contribution is 2.48. The number of allylic oxidation sites excluding steroid dienone is 1. The van der Waals surface area contributed by atoms with Crippen LogP contribution >= 0.6 is 0 Å². The van der Waals surface area contributed by atoms with Crippen LogP contribution in [0.2, 0.25) is 0 Å². The highest BCUT2D eigenvalue weighted by atomic mass is 16.2. The van der Waals surface area contributed by atoms with Crippen LogP contribution in [0.1, 0.15) is 30.8 Å². The number of carbonyl (C=O) groups excluding carboxylic acids is 2. The van der Waals surface area contributed by atoms with E-state index in [9.17, 15) is 14.9 Å². The predicted molar refractivity (Wildman–Crippen MR) is 88.4 cm³/mol. The number of carbonyl (C=O) groups is 2. The number of nitrogens with zero attached hydrogens (tertiary/aromatic N) is 5. The third kappa shape index (κ3) is 2.33.